The smallest absolute Gasteiger partial charge is 0.343 e. The van der Waals surface area contributed by atoms with Crippen molar-refractivity contribution in [2.24, 2.45) is 5.73 Å². The maximum absolute atomic E-state index is 12.9. The number of methoxy groups -OCH3 is 1. The van der Waals surface area contributed by atoms with Crippen LogP contribution in [0.25, 0.3) is 0 Å². The molecule has 2 N–H and O–H groups in total. The van der Waals surface area contributed by atoms with Crippen LogP contribution in [0.2, 0.25) is 5.02 Å². The maximum atomic E-state index is 12.9. The van der Waals surface area contributed by atoms with Crippen LogP contribution in [0.5, 0.6) is 5.75 Å². The van der Waals surface area contributed by atoms with Crippen molar-refractivity contribution >= 4 is 29.3 Å². The first-order chi connectivity index (χ1) is 14.4. The van der Waals surface area contributed by atoms with Gasteiger partial charge in [0.05, 0.1) is 19.6 Å². The van der Waals surface area contributed by atoms with E-state index in [2.05, 4.69) is 4.74 Å². The number of hydrogen-bond donors (Lipinski definition) is 1. The third-order valence-electron chi connectivity index (χ3n) is 4.84. The lowest BCUT2D eigenvalue weighted by atomic mass is 9.77. The molecule has 0 amide bonds. The van der Waals surface area contributed by atoms with Gasteiger partial charge in [0.25, 0.3) is 0 Å². The Labute approximate surface area is 178 Å². The number of hydrogen-bond acceptors (Lipinski definition) is 8. The average molecular weight is 436 g/mol. The lowest BCUT2D eigenvalue weighted by Gasteiger charge is -2.33. The summed E-state index contributed by atoms with van der Waals surface area (Å²) in [5.41, 5.74) is 6.81. The van der Waals surface area contributed by atoms with E-state index in [1.54, 1.807) is 25.1 Å². The fourth-order valence-corrected chi connectivity index (χ4v) is 3.73. The van der Waals surface area contributed by atoms with Crippen LogP contribution in [0.4, 0.5) is 0 Å². The minimum atomic E-state index is -0.896. The number of ether oxygens (including phenoxy) is 4. The van der Waals surface area contributed by atoms with Crippen LogP contribution in [0, 0.1) is 0 Å². The molecule has 0 saturated carbocycles. The van der Waals surface area contributed by atoms with E-state index >= 15 is 0 Å². The highest BCUT2D eigenvalue weighted by Gasteiger charge is 2.42. The standard InChI is InChI=1S/C21H22ClNO7/c1-3-28-21(26)19-17(18-13(24)5-4-6-15(18)30-20(19)23)12-9-11(22)7-8-14(12)29-10-16(25)27-2/h7-9,17H,3-6,10,23H2,1-2H3. The van der Waals surface area contributed by atoms with Crippen LogP contribution in [0.1, 0.15) is 37.7 Å². The summed E-state index contributed by atoms with van der Waals surface area (Å²) in [6.45, 7) is 1.42. The van der Waals surface area contributed by atoms with E-state index in [9.17, 15) is 14.4 Å². The van der Waals surface area contributed by atoms with E-state index in [1.165, 1.54) is 7.11 Å². The lowest BCUT2D eigenvalue weighted by molar-refractivity contribution is -0.143. The largest absolute Gasteiger partial charge is 0.482 e. The molecule has 30 heavy (non-hydrogen) atoms. The number of nitrogens with two attached hydrogens (primary N) is 1. The third-order valence-corrected chi connectivity index (χ3v) is 5.07. The van der Waals surface area contributed by atoms with Gasteiger partial charge in [0.1, 0.15) is 17.1 Å². The van der Waals surface area contributed by atoms with E-state index in [4.69, 9.17) is 31.5 Å². The number of benzene rings is 1. The van der Waals surface area contributed by atoms with E-state index in [0.717, 1.165) is 0 Å². The molecule has 0 radical (unpaired) electrons. The van der Waals surface area contributed by atoms with E-state index in [-0.39, 0.29) is 36.2 Å². The molecule has 0 aromatic heterocycles. The van der Waals surface area contributed by atoms with Crippen LogP contribution in [-0.2, 0) is 28.6 Å². The summed E-state index contributed by atoms with van der Waals surface area (Å²) in [6, 6.07) is 4.71. The highest BCUT2D eigenvalue weighted by Crippen LogP contribution is 2.47. The predicted octanol–water partition coefficient (Wildman–Crippen LogP) is 2.75. The Hall–Kier alpha value is -3.00. The lowest BCUT2D eigenvalue weighted by Crippen LogP contribution is -2.31. The molecule has 0 bridgehead atoms. The Balaban J connectivity index is 2.17. The quantitative estimate of drug-likeness (QED) is 0.678. The zero-order valence-electron chi connectivity index (χ0n) is 16.7. The topological polar surface area (TPSA) is 114 Å². The van der Waals surface area contributed by atoms with Gasteiger partial charge in [-0.15, -0.1) is 0 Å². The van der Waals surface area contributed by atoms with Crippen molar-refractivity contribution in [2.75, 3.05) is 20.3 Å². The number of ketones is 1. The summed E-state index contributed by atoms with van der Waals surface area (Å²) in [4.78, 5) is 37.2. The molecule has 0 fully saturated rings. The van der Waals surface area contributed by atoms with Crippen molar-refractivity contribution in [1.82, 2.24) is 0 Å². The van der Waals surface area contributed by atoms with Gasteiger partial charge < -0.3 is 24.7 Å². The molecule has 1 aromatic rings. The van der Waals surface area contributed by atoms with Crippen LogP contribution < -0.4 is 10.5 Å². The van der Waals surface area contributed by atoms with Crippen molar-refractivity contribution in [3.8, 4) is 5.75 Å². The van der Waals surface area contributed by atoms with Crippen molar-refractivity contribution < 1.29 is 33.3 Å². The summed E-state index contributed by atoms with van der Waals surface area (Å²) in [6.07, 6.45) is 1.44. The molecule has 1 heterocycles. The normalized spacial score (nSPS) is 18.5. The molecule has 0 spiro atoms. The number of Topliss-reactive ketones (excluding diaryl/α,β-unsaturated/α-hetero) is 1. The van der Waals surface area contributed by atoms with E-state index in [0.29, 0.717) is 41.2 Å². The molecule has 1 aliphatic heterocycles. The number of rotatable bonds is 6. The van der Waals surface area contributed by atoms with Gasteiger partial charge in [-0.25, -0.2) is 9.59 Å². The molecular formula is C21H22ClNO7. The van der Waals surface area contributed by atoms with E-state index < -0.39 is 17.9 Å². The molecule has 1 aromatic carbocycles. The Morgan fingerprint density at radius 1 is 1.30 bits per heavy atom. The summed E-state index contributed by atoms with van der Waals surface area (Å²) in [7, 11) is 1.24. The van der Waals surface area contributed by atoms with Gasteiger partial charge in [0.2, 0.25) is 5.88 Å². The Morgan fingerprint density at radius 2 is 2.07 bits per heavy atom. The van der Waals surface area contributed by atoms with Crippen LogP contribution in [0.15, 0.2) is 41.0 Å². The minimum absolute atomic E-state index is 0.00367. The first kappa shape index (κ1) is 21.7. The van der Waals surface area contributed by atoms with Crippen LogP contribution >= 0.6 is 11.6 Å². The average Bonchev–Trinajstić information content (AvgIpc) is 2.71. The molecule has 8 nitrogen and oxygen atoms in total. The van der Waals surface area contributed by atoms with Gasteiger partial charge in [-0.05, 0) is 31.5 Å². The zero-order valence-corrected chi connectivity index (χ0v) is 17.4. The summed E-state index contributed by atoms with van der Waals surface area (Å²) < 4.78 is 21.0. The predicted molar refractivity (Wildman–Crippen MR) is 107 cm³/mol. The Bertz CT molecular complexity index is 951. The number of esters is 2. The Kier molecular flexibility index (Phi) is 6.66. The summed E-state index contributed by atoms with van der Waals surface area (Å²) in [5, 5.41) is 0.356. The van der Waals surface area contributed by atoms with Gasteiger partial charge in [0, 0.05) is 29.0 Å². The summed E-state index contributed by atoms with van der Waals surface area (Å²) >= 11 is 6.22. The molecule has 9 heteroatoms. The Morgan fingerprint density at radius 3 is 2.77 bits per heavy atom. The number of carbonyl (C=O) groups is 3. The maximum Gasteiger partial charge on any atom is 0.343 e. The molecule has 2 aliphatic rings. The van der Waals surface area contributed by atoms with Crippen molar-refractivity contribution in [1.29, 1.82) is 0 Å². The van der Waals surface area contributed by atoms with Crippen LogP contribution in [-0.4, -0.2) is 38.0 Å². The van der Waals surface area contributed by atoms with Crippen molar-refractivity contribution in [3.05, 3.63) is 51.6 Å². The molecule has 0 saturated heterocycles. The first-order valence-electron chi connectivity index (χ1n) is 9.47. The third kappa shape index (κ3) is 4.28. The number of allylic oxidation sites excluding steroid dienone is 2. The van der Waals surface area contributed by atoms with Crippen molar-refractivity contribution in [2.45, 2.75) is 32.1 Å². The zero-order chi connectivity index (χ0) is 21.8. The number of carbonyl (C=O) groups excluding carboxylic acids is 3. The highest BCUT2D eigenvalue weighted by molar-refractivity contribution is 6.30. The first-order valence-corrected chi connectivity index (χ1v) is 9.85. The monoisotopic (exact) mass is 435 g/mol. The summed E-state index contributed by atoms with van der Waals surface area (Å²) in [5.74, 6) is -1.80. The van der Waals surface area contributed by atoms with Gasteiger partial charge in [0.15, 0.2) is 12.4 Å². The molecular weight excluding hydrogens is 414 g/mol. The second kappa shape index (κ2) is 9.21. The van der Waals surface area contributed by atoms with Gasteiger partial charge in [-0.3, -0.25) is 4.79 Å². The molecule has 1 unspecified atom stereocenters. The van der Waals surface area contributed by atoms with Crippen molar-refractivity contribution in [3.63, 3.8) is 0 Å². The molecule has 1 aliphatic carbocycles. The van der Waals surface area contributed by atoms with Gasteiger partial charge >= 0.3 is 11.9 Å². The SMILES string of the molecule is CCOC(=O)C1=C(N)OC2=C(C(=O)CCC2)C1c1cc(Cl)ccc1OCC(=O)OC. The van der Waals surface area contributed by atoms with Gasteiger partial charge in [-0.2, -0.15) is 0 Å². The molecule has 1 atom stereocenters. The van der Waals surface area contributed by atoms with E-state index in [1.807, 2.05) is 0 Å². The fourth-order valence-electron chi connectivity index (χ4n) is 3.55. The number of halogens is 1. The highest BCUT2D eigenvalue weighted by atomic mass is 35.5. The fraction of sp³-hybridized carbons (Fsp3) is 0.381. The molecule has 160 valence electrons. The second-order valence-electron chi connectivity index (χ2n) is 6.69. The van der Waals surface area contributed by atoms with Gasteiger partial charge in [-0.1, -0.05) is 11.6 Å². The van der Waals surface area contributed by atoms with Crippen LogP contribution in [0.3, 0.4) is 0 Å². The molecule has 3 rings (SSSR count). The second-order valence-corrected chi connectivity index (χ2v) is 7.13. The minimum Gasteiger partial charge on any atom is -0.482 e.